The van der Waals surface area contributed by atoms with Gasteiger partial charge in [-0.3, -0.25) is 14.5 Å². The number of hydrogen-bond acceptors (Lipinski definition) is 9. The molecule has 0 saturated carbocycles. The number of piperazine rings is 1. The summed E-state index contributed by atoms with van der Waals surface area (Å²) in [4.78, 5) is 54.5. The molecule has 272 valence electrons. The monoisotopic (exact) mass is 709 g/mol. The number of benzene rings is 4. The van der Waals surface area contributed by atoms with Crippen LogP contribution in [-0.4, -0.2) is 103 Å². The number of esters is 1. The van der Waals surface area contributed by atoms with Crippen molar-refractivity contribution in [2.24, 2.45) is 0 Å². The number of aliphatic hydroxyl groups excluding tert-OH is 1. The van der Waals surface area contributed by atoms with Crippen LogP contribution in [0.2, 0.25) is 0 Å². The van der Waals surface area contributed by atoms with Crippen LogP contribution in [-0.2, 0) is 19.1 Å². The number of amides is 2. The van der Waals surface area contributed by atoms with Gasteiger partial charge in [0, 0.05) is 50.2 Å². The molecule has 1 atom stereocenters. The SMILES string of the molecule is COC(=O)c1ccc2c(c1)NC(=O)/C2=C(\Nc1ccc(N(C)C(=O)CN2CCN(C)CC2)cc1)c1ccccc1.O.O=C(O)C(O)c1ccccc1. The topological polar surface area (TPSA) is 183 Å². The van der Waals surface area contributed by atoms with Crippen LogP contribution in [0, 0.1) is 0 Å². The van der Waals surface area contributed by atoms with E-state index in [1.807, 2.05) is 54.6 Å². The van der Waals surface area contributed by atoms with Gasteiger partial charge in [-0.2, -0.15) is 0 Å². The zero-order valence-electron chi connectivity index (χ0n) is 29.2. The molecule has 4 aromatic rings. The highest BCUT2D eigenvalue weighted by Gasteiger charge is 2.29. The van der Waals surface area contributed by atoms with Gasteiger partial charge in [0.15, 0.2) is 6.10 Å². The van der Waals surface area contributed by atoms with Gasteiger partial charge in [-0.15, -0.1) is 0 Å². The Balaban J connectivity index is 0.000000433. The van der Waals surface area contributed by atoms with Crippen molar-refractivity contribution in [3.8, 4) is 0 Å². The summed E-state index contributed by atoms with van der Waals surface area (Å²) in [5, 5.41) is 23.7. The third-order valence-corrected chi connectivity index (χ3v) is 8.70. The summed E-state index contributed by atoms with van der Waals surface area (Å²) >= 11 is 0. The van der Waals surface area contributed by atoms with Crippen molar-refractivity contribution in [3.63, 3.8) is 0 Å². The van der Waals surface area contributed by atoms with Crippen LogP contribution in [0.15, 0.2) is 103 Å². The number of fused-ring (bicyclic) bond motifs is 1. The van der Waals surface area contributed by atoms with E-state index >= 15 is 0 Å². The van der Waals surface area contributed by atoms with E-state index in [0.29, 0.717) is 40.2 Å². The van der Waals surface area contributed by atoms with Gasteiger partial charge < -0.3 is 40.9 Å². The number of anilines is 3. The highest BCUT2D eigenvalue weighted by atomic mass is 16.5. The molecular formula is C39H43N5O8. The van der Waals surface area contributed by atoms with Gasteiger partial charge in [0.05, 0.1) is 36.2 Å². The van der Waals surface area contributed by atoms with Crippen LogP contribution in [0.4, 0.5) is 17.1 Å². The second-order valence-corrected chi connectivity index (χ2v) is 12.2. The van der Waals surface area contributed by atoms with Crippen molar-refractivity contribution in [2.75, 3.05) is 69.5 Å². The average Bonchev–Trinajstić information content (AvgIpc) is 3.49. The van der Waals surface area contributed by atoms with E-state index in [-0.39, 0.29) is 17.3 Å². The minimum Gasteiger partial charge on any atom is -0.479 e. The summed E-state index contributed by atoms with van der Waals surface area (Å²) < 4.78 is 4.82. The molecule has 13 nitrogen and oxygen atoms in total. The molecule has 6 N–H and O–H groups in total. The zero-order chi connectivity index (χ0) is 36.5. The predicted molar refractivity (Wildman–Crippen MR) is 200 cm³/mol. The Hall–Kier alpha value is -5.86. The van der Waals surface area contributed by atoms with Crippen LogP contribution >= 0.6 is 0 Å². The number of aliphatic carboxylic acids is 1. The molecular weight excluding hydrogens is 666 g/mol. The molecule has 2 amide bonds. The van der Waals surface area contributed by atoms with E-state index in [4.69, 9.17) is 14.9 Å². The molecule has 0 spiro atoms. The second-order valence-electron chi connectivity index (χ2n) is 12.2. The number of carboxylic acids is 1. The summed E-state index contributed by atoms with van der Waals surface area (Å²) in [7, 11) is 5.21. The Morgan fingerprint density at radius 2 is 1.50 bits per heavy atom. The van der Waals surface area contributed by atoms with Gasteiger partial charge in [0.1, 0.15) is 0 Å². The third kappa shape index (κ3) is 9.47. The normalized spacial score (nSPS) is 15.4. The first-order chi connectivity index (χ1) is 24.5. The summed E-state index contributed by atoms with van der Waals surface area (Å²) in [5.41, 5.74) is 5.50. The van der Waals surface area contributed by atoms with E-state index in [9.17, 15) is 19.2 Å². The Morgan fingerprint density at radius 3 is 2.10 bits per heavy atom. The molecule has 2 heterocycles. The van der Waals surface area contributed by atoms with Crippen molar-refractivity contribution in [2.45, 2.75) is 6.10 Å². The number of likely N-dealkylation sites (N-methyl/N-ethyl adjacent to an activating group) is 2. The standard InChI is InChI=1S/C31H33N5O4.C8H8O3.H2O/c1-34-15-17-36(18-16-34)20-27(37)35(2)24-12-10-23(11-13-24)32-29(21-7-5-4-6-8-21)28-25-14-9-22(31(39)40-3)19-26(25)33-30(28)38;9-7(8(10)11)6-4-2-1-3-5-6;/h4-14,19,32H,15-18,20H2,1-3H3,(H,33,38);1-5,7,9H,(H,10,11);1H2/b29-28-;;. The van der Waals surface area contributed by atoms with Crippen molar-refractivity contribution < 1.29 is 39.6 Å². The number of aliphatic hydroxyl groups is 1. The van der Waals surface area contributed by atoms with E-state index in [1.54, 1.807) is 60.5 Å². The Bertz CT molecular complexity index is 1890. The first-order valence-electron chi connectivity index (χ1n) is 16.4. The van der Waals surface area contributed by atoms with Crippen molar-refractivity contribution in [1.29, 1.82) is 0 Å². The highest BCUT2D eigenvalue weighted by molar-refractivity contribution is 6.37. The summed E-state index contributed by atoms with van der Waals surface area (Å²) in [6, 6.07) is 30.5. The van der Waals surface area contributed by atoms with Crippen LogP contribution in [0.25, 0.3) is 11.3 Å². The maximum atomic E-state index is 13.2. The van der Waals surface area contributed by atoms with E-state index in [1.165, 1.54) is 7.11 Å². The van der Waals surface area contributed by atoms with Crippen molar-refractivity contribution >= 4 is 52.1 Å². The lowest BCUT2D eigenvalue weighted by molar-refractivity contribution is -0.147. The Morgan fingerprint density at radius 1 is 0.885 bits per heavy atom. The minimum atomic E-state index is -1.41. The fraction of sp³-hybridized carbons (Fsp3) is 0.231. The summed E-state index contributed by atoms with van der Waals surface area (Å²) in [6.07, 6.45) is -1.41. The van der Waals surface area contributed by atoms with Crippen LogP contribution in [0.5, 0.6) is 0 Å². The maximum absolute atomic E-state index is 13.2. The van der Waals surface area contributed by atoms with Crippen molar-refractivity contribution in [1.82, 2.24) is 9.80 Å². The second kappa shape index (κ2) is 17.9. The smallest absolute Gasteiger partial charge is 0.337 e. The fourth-order valence-corrected chi connectivity index (χ4v) is 5.69. The third-order valence-electron chi connectivity index (χ3n) is 8.70. The molecule has 0 aromatic heterocycles. The van der Waals surface area contributed by atoms with Gasteiger partial charge in [-0.05, 0) is 54.6 Å². The number of hydrogen-bond donors (Lipinski definition) is 4. The van der Waals surface area contributed by atoms with Crippen molar-refractivity contribution in [3.05, 3.63) is 125 Å². The van der Waals surface area contributed by atoms with Crippen LogP contribution in [0.1, 0.15) is 33.2 Å². The highest BCUT2D eigenvalue weighted by Crippen LogP contribution is 2.38. The Labute approximate surface area is 302 Å². The number of rotatable bonds is 9. The zero-order valence-corrected chi connectivity index (χ0v) is 29.2. The predicted octanol–water partition coefficient (Wildman–Crippen LogP) is 3.60. The van der Waals surface area contributed by atoms with E-state index in [0.717, 1.165) is 43.1 Å². The number of nitrogens with one attached hydrogen (secondary N) is 2. The number of carbonyl (C=O) groups is 4. The first-order valence-corrected chi connectivity index (χ1v) is 16.4. The number of methoxy groups -OCH3 is 1. The van der Waals surface area contributed by atoms with Gasteiger partial charge in [0.25, 0.3) is 5.91 Å². The van der Waals surface area contributed by atoms with Gasteiger partial charge in [-0.1, -0.05) is 66.7 Å². The molecule has 6 rings (SSSR count). The molecule has 13 heteroatoms. The fourth-order valence-electron chi connectivity index (χ4n) is 5.69. The maximum Gasteiger partial charge on any atom is 0.337 e. The van der Waals surface area contributed by atoms with E-state index in [2.05, 4.69) is 27.5 Å². The van der Waals surface area contributed by atoms with Gasteiger partial charge in [-0.25, -0.2) is 9.59 Å². The number of nitrogens with zero attached hydrogens (tertiary/aromatic N) is 3. The number of ether oxygens (including phenoxy) is 1. The lowest BCUT2D eigenvalue weighted by Gasteiger charge is -2.32. The quantitative estimate of drug-likeness (QED) is 0.148. The molecule has 4 aromatic carbocycles. The average molecular weight is 710 g/mol. The summed E-state index contributed by atoms with van der Waals surface area (Å²) in [6.45, 7) is 4.09. The molecule has 1 fully saturated rings. The first kappa shape index (κ1) is 38.9. The molecule has 0 bridgehead atoms. The number of carboxylic acid groups (broad SMARTS) is 1. The van der Waals surface area contributed by atoms with Crippen LogP contribution < -0.4 is 15.5 Å². The molecule has 2 aliphatic rings. The number of carbonyl (C=O) groups excluding carboxylic acids is 3. The van der Waals surface area contributed by atoms with E-state index < -0.39 is 18.0 Å². The largest absolute Gasteiger partial charge is 0.479 e. The van der Waals surface area contributed by atoms with Crippen LogP contribution in [0.3, 0.4) is 0 Å². The molecule has 1 saturated heterocycles. The lowest BCUT2D eigenvalue weighted by atomic mass is 9.99. The lowest BCUT2D eigenvalue weighted by Crippen LogP contribution is -2.48. The van der Waals surface area contributed by atoms with Gasteiger partial charge in [0.2, 0.25) is 5.91 Å². The molecule has 2 aliphatic heterocycles. The molecule has 0 aliphatic carbocycles. The molecule has 52 heavy (non-hydrogen) atoms. The summed E-state index contributed by atoms with van der Waals surface area (Å²) in [5.74, 6) is -1.92. The van der Waals surface area contributed by atoms with Gasteiger partial charge >= 0.3 is 11.9 Å². The molecule has 1 unspecified atom stereocenters. The minimum absolute atomic E-state index is 0. The Kier molecular flexibility index (Phi) is 13.4. The molecule has 0 radical (unpaired) electrons.